The van der Waals surface area contributed by atoms with Gasteiger partial charge in [-0.15, -0.1) is 0 Å². The first-order chi connectivity index (χ1) is 12.4. The highest BCUT2D eigenvalue weighted by Gasteiger charge is 2.56. The van der Waals surface area contributed by atoms with E-state index in [1.54, 1.807) is 0 Å². The van der Waals surface area contributed by atoms with Gasteiger partial charge in [0, 0.05) is 12.8 Å². The zero-order valence-electron chi connectivity index (χ0n) is 18.2. The van der Waals surface area contributed by atoms with Gasteiger partial charge in [-0.25, -0.2) is 0 Å². The van der Waals surface area contributed by atoms with Crippen LogP contribution in [0.2, 0.25) is 0 Å². The van der Waals surface area contributed by atoms with Crippen molar-refractivity contribution in [3.63, 3.8) is 0 Å². The highest BCUT2D eigenvalue weighted by molar-refractivity contribution is 4.97. The number of rotatable bonds is 6. The van der Waals surface area contributed by atoms with Crippen molar-refractivity contribution in [2.45, 2.75) is 110 Å². The van der Waals surface area contributed by atoms with Gasteiger partial charge < -0.3 is 28.4 Å². The van der Waals surface area contributed by atoms with Crippen molar-refractivity contribution in [1.29, 1.82) is 0 Å². The van der Waals surface area contributed by atoms with Crippen LogP contribution in [0.15, 0.2) is 0 Å². The Bertz CT molecular complexity index is 521. The van der Waals surface area contributed by atoms with Crippen LogP contribution in [0.4, 0.5) is 0 Å². The minimum absolute atomic E-state index is 0.181. The van der Waals surface area contributed by atoms with E-state index < -0.39 is 17.4 Å². The van der Waals surface area contributed by atoms with Gasteiger partial charge in [0.25, 0.3) is 0 Å². The van der Waals surface area contributed by atoms with E-state index in [-0.39, 0.29) is 24.4 Å². The summed E-state index contributed by atoms with van der Waals surface area (Å²) in [6, 6.07) is 0. The lowest BCUT2D eigenvalue weighted by Crippen LogP contribution is -2.45. The average Bonchev–Trinajstić information content (AvgIpc) is 3.13. The molecule has 0 saturated carbocycles. The molecule has 3 aliphatic heterocycles. The third-order valence-corrected chi connectivity index (χ3v) is 5.37. The van der Waals surface area contributed by atoms with Crippen LogP contribution in [-0.4, -0.2) is 55.0 Å². The van der Waals surface area contributed by atoms with Crippen molar-refractivity contribution in [3.8, 4) is 0 Å². The topological polar surface area (TPSA) is 55.4 Å². The Kier molecular flexibility index (Phi) is 6.00. The van der Waals surface area contributed by atoms with Gasteiger partial charge in [-0.05, 0) is 39.5 Å². The fourth-order valence-corrected chi connectivity index (χ4v) is 4.68. The van der Waals surface area contributed by atoms with Crippen LogP contribution in [0.3, 0.4) is 0 Å². The van der Waals surface area contributed by atoms with Crippen LogP contribution in [0, 0.1) is 11.8 Å². The van der Waals surface area contributed by atoms with Gasteiger partial charge in [0.2, 0.25) is 0 Å². The lowest BCUT2D eigenvalue weighted by molar-refractivity contribution is -0.199. The van der Waals surface area contributed by atoms with Gasteiger partial charge in [0.05, 0.1) is 13.2 Å². The molecule has 3 rings (SSSR count). The predicted molar refractivity (Wildman–Crippen MR) is 101 cm³/mol. The molecular formula is C21H38O6. The summed E-state index contributed by atoms with van der Waals surface area (Å²) < 4.78 is 37.2. The maximum atomic E-state index is 6.47. The number of ether oxygens (including phenoxy) is 6. The van der Waals surface area contributed by atoms with E-state index in [0.29, 0.717) is 25.0 Å². The van der Waals surface area contributed by atoms with Crippen LogP contribution in [-0.2, 0) is 28.4 Å². The molecule has 6 atom stereocenters. The van der Waals surface area contributed by atoms with Crippen molar-refractivity contribution in [2.24, 2.45) is 11.8 Å². The molecule has 3 fully saturated rings. The standard InChI is InChI=1S/C21H38O6/c1-13(2)9-20(7)23-12-16(25-20)18-17(15-11-22-19(5,6)24-15)26-21(8,27-18)10-14(3)4/h13-18H,9-12H2,1-8H3. The summed E-state index contributed by atoms with van der Waals surface area (Å²) in [4.78, 5) is 0. The molecule has 6 nitrogen and oxygen atoms in total. The van der Waals surface area contributed by atoms with E-state index in [4.69, 9.17) is 28.4 Å². The van der Waals surface area contributed by atoms with Crippen LogP contribution in [0.5, 0.6) is 0 Å². The van der Waals surface area contributed by atoms with Gasteiger partial charge in [-0.1, -0.05) is 27.7 Å². The van der Waals surface area contributed by atoms with Gasteiger partial charge in [-0.2, -0.15) is 0 Å². The monoisotopic (exact) mass is 386 g/mol. The normalized spacial score (nSPS) is 44.7. The predicted octanol–water partition coefficient (Wildman–Crippen LogP) is 3.86. The Morgan fingerprint density at radius 3 is 1.63 bits per heavy atom. The van der Waals surface area contributed by atoms with Crippen molar-refractivity contribution in [2.75, 3.05) is 13.2 Å². The Morgan fingerprint density at radius 1 is 0.667 bits per heavy atom. The molecule has 0 amide bonds. The fourth-order valence-electron chi connectivity index (χ4n) is 4.68. The summed E-state index contributed by atoms with van der Waals surface area (Å²) in [5.41, 5.74) is 0. The van der Waals surface area contributed by atoms with Crippen molar-refractivity contribution in [3.05, 3.63) is 0 Å². The molecule has 158 valence electrons. The second-order valence-electron chi connectivity index (χ2n) is 9.96. The third kappa shape index (κ3) is 5.03. The molecule has 3 heterocycles. The zero-order valence-corrected chi connectivity index (χ0v) is 18.2. The van der Waals surface area contributed by atoms with Crippen LogP contribution >= 0.6 is 0 Å². The molecule has 3 saturated heterocycles. The quantitative estimate of drug-likeness (QED) is 0.691. The minimum atomic E-state index is -0.653. The summed E-state index contributed by atoms with van der Waals surface area (Å²) in [7, 11) is 0. The molecule has 27 heavy (non-hydrogen) atoms. The first-order valence-corrected chi connectivity index (χ1v) is 10.4. The summed E-state index contributed by atoms with van der Waals surface area (Å²) in [5.74, 6) is -0.882. The highest BCUT2D eigenvalue weighted by Crippen LogP contribution is 2.43. The van der Waals surface area contributed by atoms with Gasteiger partial charge in [-0.3, -0.25) is 0 Å². The Hall–Kier alpha value is -0.240. The van der Waals surface area contributed by atoms with Crippen LogP contribution < -0.4 is 0 Å². The van der Waals surface area contributed by atoms with Crippen molar-refractivity contribution < 1.29 is 28.4 Å². The minimum Gasteiger partial charge on any atom is -0.348 e. The molecule has 0 aliphatic carbocycles. The number of hydrogen-bond acceptors (Lipinski definition) is 6. The summed E-state index contributed by atoms with van der Waals surface area (Å²) in [5, 5.41) is 0. The van der Waals surface area contributed by atoms with E-state index >= 15 is 0 Å². The maximum Gasteiger partial charge on any atom is 0.167 e. The van der Waals surface area contributed by atoms with E-state index in [2.05, 4.69) is 27.7 Å². The summed E-state index contributed by atoms with van der Waals surface area (Å²) in [6.07, 6.45) is 0.810. The second kappa shape index (κ2) is 7.54. The Labute approximate surface area is 164 Å². The highest BCUT2D eigenvalue weighted by atomic mass is 16.8. The van der Waals surface area contributed by atoms with E-state index in [9.17, 15) is 0 Å². The van der Waals surface area contributed by atoms with Gasteiger partial charge in [0.15, 0.2) is 17.4 Å². The molecule has 0 aromatic carbocycles. The van der Waals surface area contributed by atoms with E-state index in [1.807, 2.05) is 27.7 Å². The average molecular weight is 387 g/mol. The molecule has 6 heteroatoms. The third-order valence-electron chi connectivity index (χ3n) is 5.37. The smallest absolute Gasteiger partial charge is 0.167 e. The number of hydrogen-bond donors (Lipinski definition) is 0. The largest absolute Gasteiger partial charge is 0.348 e. The first-order valence-electron chi connectivity index (χ1n) is 10.4. The van der Waals surface area contributed by atoms with E-state index in [1.165, 1.54) is 0 Å². The fraction of sp³-hybridized carbons (Fsp3) is 1.00. The molecule has 0 spiro atoms. The Morgan fingerprint density at radius 2 is 1.15 bits per heavy atom. The molecule has 0 N–H and O–H groups in total. The van der Waals surface area contributed by atoms with Crippen LogP contribution in [0.1, 0.15) is 68.2 Å². The first kappa shape index (κ1) is 21.5. The maximum absolute atomic E-state index is 6.47. The molecule has 0 aromatic rings. The SMILES string of the molecule is CC(C)CC1(C)OCC(C2OC(C)(CC(C)C)OC2C2COC(C)(C)O2)O1. The van der Waals surface area contributed by atoms with Gasteiger partial charge >= 0.3 is 0 Å². The Balaban J connectivity index is 1.76. The zero-order chi connectivity index (χ0) is 20.0. The second-order valence-corrected chi connectivity index (χ2v) is 9.96. The molecule has 3 aliphatic rings. The van der Waals surface area contributed by atoms with E-state index in [0.717, 1.165) is 12.8 Å². The molecule has 6 unspecified atom stereocenters. The lowest BCUT2D eigenvalue weighted by Gasteiger charge is -2.29. The molecule has 0 aromatic heterocycles. The lowest BCUT2D eigenvalue weighted by atomic mass is 10.0. The van der Waals surface area contributed by atoms with Crippen molar-refractivity contribution >= 4 is 0 Å². The summed E-state index contributed by atoms with van der Waals surface area (Å²) in [6.45, 7) is 17.6. The molecule has 0 bridgehead atoms. The molecular weight excluding hydrogens is 348 g/mol. The van der Waals surface area contributed by atoms with Gasteiger partial charge in [0.1, 0.15) is 24.4 Å². The molecule has 0 radical (unpaired) electrons. The van der Waals surface area contributed by atoms with Crippen molar-refractivity contribution in [1.82, 2.24) is 0 Å². The summed E-state index contributed by atoms with van der Waals surface area (Å²) >= 11 is 0. The van der Waals surface area contributed by atoms with Crippen LogP contribution in [0.25, 0.3) is 0 Å².